The van der Waals surface area contributed by atoms with Gasteiger partial charge in [0.15, 0.2) is 7.05 Å². The second-order valence-corrected chi connectivity index (χ2v) is 6.52. The van der Waals surface area contributed by atoms with E-state index >= 15 is 0 Å². The molecule has 10 nitrogen and oxygen atoms in total. The van der Waals surface area contributed by atoms with Crippen molar-refractivity contribution in [1.82, 2.24) is 5.32 Å². The molecule has 2 aliphatic heterocycles. The molecule has 0 bridgehead atoms. The SMILES string of the molecule is COC1(c2cc3c(c4ccccc24)C(=O)[N]C3=O)C(C)=N[N+](C)=C1C.O=[N+]([O-])[O-]. The van der Waals surface area contributed by atoms with Crippen molar-refractivity contribution in [3.05, 3.63) is 62.3 Å². The summed E-state index contributed by atoms with van der Waals surface area (Å²) < 4.78 is 7.75. The van der Waals surface area contributed by atoms with E-state index in [1.165, 1.54) is 0 Å². The number of amides is 2. The van der Waals surface area contributed by atoms with Crippen LogP contribution in [-0.4, -0.2) is 47.2 Å². The zero-order valence-corrected chi connectivity index (χ0v) is 16.1. The van der Waals surface area contributed by atoms with Gasteiger partial charge < -0.3 is 20.1 Å². The molecule has 4 rings (SSSR count). The summed E-state index contributed by atoms with van der Waals surface area (Å²) in [5.74, 6) is -0.985. The minimum Gasteiger partial charge on any atom is -0.357 e. The minimum absolute atomic E-state index is 0.324. The predicted octanol–water partition coefficient (Wildman–Crippen LogP) is 1.83. The fraction of sp³-hybridized carbons (Fsp3) is 0.263. The summed E-state index contributed by atoms with van der Waals surface area (Å²) in [6, 6.07) is 9.26. The number of carbonyl (C=O) groups excluding carboxylic acids is 2. The summed E-state index contributed by atoms with van der Waals surface area (Å²) in [5, 5.41) is 24.4. The number of benzene rings is 2. The van der Waals surface area contributed by atoms with E-state index in [0.717, 1.165) is 22.4 Å². The molecule has 2 heterocycles. The molecule has 2 aromatic carbocycles. The molecule has 2 aliphatic rings. The Morgan fingerprint density at radius 1 is 1.10 bits per heavy atom. The van der Waals surface area contributed by atoms with Crippen LogP contribution in [0.25, 0.3) is 10.8 Å². The van der Waals surface area contributed by atoms with Gasteiger partial charge in [-0.2, -0.15) is 5.32 Å². The molecule has 0 fully saturated rings. The lowest BCUT2D eigenvalue weighted by Crippen LogP contribution is -2.42. The summed E-state index contributed by atoms with van der Waals surface area (Å²) in [7, 11) is 3.49. The molecule has 149 valence electrons. The number of carbonyl (C=O) groups is 2. The maximum atomic E-state index is 12.2. The number of hydrogen-bond donors (Lipinski definition) is 0. The van der Waals surface area contributed by atoms with Gasteiger partial charge in [-0.25, -0.2) is 0 Å². The third kappa shape index (κ3) is 2.93. The Kier molecular flexibility index (Phi) is 4.89. The highest BCUT2D eigenvalue weighted by molar-refractivity contribution is 6.28. The maximum Gasteiger partial charge on any atom is 0.281 e. The van der Waals surface area contributed by atoms with Gasteiger partial charge >= 0.3 is 0 Å². The monoisotopic (exact) mass is 397 g/mol. The third-order valence-electron chi connectivity index (χ3n) is 5.18. The Balaban J connectivity index is 0.000000552. The quantitative estimate of drug-likeness (QED) is 0.328. The molecular formula is C19H17N4O6. The van der Waals surface area contributed by atoms with E-state index in [4.69, 9.17) is 20.1 Å². The Morgan fingerprint density at radius 2 is 1.69 bits per heavy atom. The molecule has 1 unspecified atom stereocenters. The van der Waals surface area contributed by atoms with Crippen molar-refractivity contribution >= 4 is 34.0 Å². The molecule has 0 saturated heterocycles. The highest BCUT2D eigenvalue weighted by Gasteiger charge is 2.51. The Bertz CT molecular complexity index is 1130. The summed E-state index contributed by atoms with van der Waals surface area (Å²) in [4.78, 5) is 32.7. The van der Waals surface area contributed by atoms with Crippen LogP contribution in [0.2, 0.25) is 0 Å². The highest BCUT2D eigenvalue weighted by atomic mass is 16.9. The van der Waals surface area contributed by atoms with Crippen molar-refractivity contribution < 1.29 is 24.1 Å². The van der Waals surface area contributed by atoms with Crippen molar-refractivity contribution in [2.45, 2.75) is 19.4 Å². The zero-order valence-electron chi connectivity index (χ0n) is 16.1. The average molecular weight is 397 g/mol. The van der Waals surface area contributed by atoms with E-state index in [2.05, 4.69) is 10.4 Å². The first-order valence-electron chi connectivity index (χ1n) is 8.51. The van der Waals surface area contributed by atoms with E-state index in [9.17, 15) is 9.59 Å². The highest BCUT2D eigenvalue weighted by Crippen LogP contribution is 2.40. The van der Waals surface area contributed by atoms with Crippen LogP contribution in [0.5, 0.6) is 0 Å². The molecule has 0 saturated carbocycles. The third-order valence-corrected chi connectivity index (χ3v) is 5.18. The molecule has 2 amide bonds. The lowest BCUT2D eigenvalue weighted by atomic mass is 9.80. The number of ether oxygens (including phenoxy) is 1. The van der Waals surface area contributed by atoms with E-state index in [-0.39, 0.29) is 0 Å². The molecule has 1 radical (unpaired) electrons. The van der Waals surface area contributed by atoms with Crippen LogP contribution >= 0.6 is 0 Å². The Labute approximate surface area is 165 Å². The summed E-state index contributed by atoms with van der Waals surface area (Å²) in [6.45, 7) is 3.85. The largest absolute Gasteiger partial charge is 0.357 e. The second kappa shape index (κ2) is 7.06. The molecule has 1 atom stereocenters. The number of hydrogen-bond acceptors (Lipinski definition) is 7. The Hall–Kier alpha value is -3.66. The molecule has 0 spiro atoms. The van der Waals surface area contributed by atoms with Gasteiger partial charge in [-0.1, -0.05) is 28.9 Å². The summed E-state index contributed by atoms with van der Waals surface area (Å²) in [5.41, 5.74) is 2.28. The first kappa shape index (κ1) is 20.1. The van der Waals surface area contributed by atoms with Crippen molar-refractivity contribution in [3.63, 3.8) is 0 Å². The van der Waals surface area contributed by atoms with Gasteiger partial charge in [-0.15, -0.1) is 0 Å². The van der Waals surface area contributed by atoms with Crippen molar-refractivity contribution in [3.8, 4) is 0 Å². The van der Waals surface area contributed by atoms with Crippen LogP contribution in [-0.2, 0) is 10.3 Å². The van der Waals surface area contributed by atoms with Gasteiger partial charge in [0.1, 0.15) is 5.71 Å². The van der Waals surface area contributed by atoms with Gasteiger partial charge in [-0.3, -0.25) is 9.59 Å². The number of rotatable bonds is 2. The average Bonchev–Trinajstić information content (AvgIpc) is 3.07. The van der Waals surface area contributed by atoms with E-state index in [0.29, 0.717) is 16.5 Å². The predicted molar refractivity (Wildman–Crippen MR) is 104 cm³/mol. The van der Waals surface area contributed by atoms with Gasteiger partial charge in [-0.05, 0) is 28.9 Å². The number of nitrogens with zero attached hydrogens (tertiary/aromatic N) is 4. The van der Waals surface area contributed by atoms with Crippen molar-refractivity contribution in [2.75, 3.05) is 14.2 Å². The minimum atomic E-state index is -1.75. The molecule has 10 heteroatoms. The van der Waals surface area contributed by atoms with Crippen LogP contribution in [0, 0.1) is 15.3 Å². The van der Waals surface area contributed by atoms with Gasteiger partial charge in [0.2, 0.25) is 11.3 Å². The topological polar surface area (TPSA) is 139 Å². The standard InChI is InChI=1S/C19H17N3O3.NO3/c1-10-19(25-4,11(2)22(3)21-10)15-9-14-16(18(24)20-17(14)23)13-8-6-5-7-12(13)15;2-1(3)4/h5-9H,1-4H3;/q+1;-1. The van der Waals surface area contributed by atoms with Gasteiger partial charge in [0.25, 0.3) is 11.8 Å². The maximum absolute atomic E-state index is 12.2. The van der Waals surface area contributed by atoms with Crippen LogP contribution in [0.3, 0.4) is 0 Å². The van der Waals surface area contributed by atoms with E-state index < -0.39 is 22.5 Å². The number of hydrazone groups is 1. The number of imide groups is 1. The lowest BCUT2D eigenvalue weighted by molar-refractivity contribution is -0.501. The van der Waals surface area contributed by atoms with Crippen LogP contribution in [0.4, 0.5) is 0 Å². The summed E-state index contributed by atoms with van der Waals surface area (Å²) >= 11 is 0. The zero-order chi connectivity index (χ0) is 21.5. The normalized spacial score (nSPS) is 20.2. The van der Waals surface area contributed by atoms with E-state index in [1.807, 2.05) is 45.2 Å². The lowest BCUT2D eigenvalue weighted by Gasteiger charge is -2.27. The van der Waals surface area contributed by atoms with Crippen molar-refractivity contribution in [2.24, 2.45) is 5.10 Å². The molecule has 0 aliphatic carbocycles. The fourth-order valence-electron chi connectivity index (χ4n) is 3.93. The molecule has 29 heavy (non-hydrogen) atoms. The van der Waals surface area contributed by atoms with Crippen LogP contribution < -0.4 is 5.32 Å². The Morgan fingerprint density at radius 3 is 2.21 bits per heavy atom. The fourth-order valence-corrected chi connectivity index (χ4v) is 3.93. The van der Waals surface area contributed by atoms with E-state index in [1.54, 1.807) is 17.9 Å². The van der Waals surface area contributed by atoms with Crippen LogP contribution in [0.1, 0.15) is 40.1 Å². The van der Waals surface area contributed by atoms with Crippen LogP contribution in [0.15, 0.2) is 35.4 Å². The summed E-state index contributed by atoms with van der Waals surface area (Å²) in [6.07, 6.45) is 0. The molecule has 0 N–H and O–H groups in total. The number of methoxy groups -OCH3 is 1. The van der Waals surface area contributed by atoms with Gasteiger partial charge in [0, 0.05) is 19.6 Å². The molecule has 2 aromatic rings. The molecule has 0 aromatic heterocycles. The second-order valence-electron chi connectivity index (χ2n) is 6.52. The van der Waals surface area contributed by atoms with Crippen molar-refractivity contribution in [1.29, 1.82) is 0 Å². The molecular weight excluding hydrogens is 380 g/mol. The van der Waals surface area contributed by atoms with Gasteiger partial charge in [0.05, 0.1) is 16.2 Å². The first-order valence-corrected chi connectivity index (χ1v) is 8.51. The smallest absolute Gasteiger partial charge is 0.281 e. The first-order chi connectivity index (χ1) is 13.6. The number of fused-ring (bicyclic) bond motifs is 3.